The molecule has 0 fully saturated rings. The van der Waals surface area contributed by atoms with E-state index in [4.69, 9.17) is 5.73 Å². The van der Waals surface area contributed by atoms with Gasteiger partial charge in [0.25, 0.3) is 5.91 Å². The maximum atomic E-state index is 11.9. The zero-order chi connectivity index (χ0) is 17.9. The molecule has 0 radical (unpaired) electrons. The van der Waals surface area contributed by atoms with Crippen LogP contribution in [0.4, 0.5) is 9.80 Å². The first-order valence-corrected chi connectivity index (χ1v) is 9.83. The molecule has 1 heterocycles. The van der Waals surface area contributed by atoms with E-state index in [0.29, 0.717) is 22.1 Å². The molecule has 9 heteroatoms. The number of nitrogens with one attached hydrogen (secondary N) is 2. The van der Waals surface area contributed by atoms with Gasteiger partial charge in [0.05, 0.1) is 0 Å². The Balaban J connectivity index is 2.58. The summed E-state index contributed by atoms with van der Waals surface area (Å²) in [5.74, 6) is 0.321. The Kier molecular flexibility index (Phi) is 9.73. The van der Waals surface area contributed by atoms with E-state index in [-0.39, 0.29) is 6.03 Å². The van der Waals surface area contributed by atoms with E-state index >= 15 is 0 Å². The average molecular weight is 374 g/mol. The first kappa shape index (κ1) is 20.7. The number of thioether (sulfide) groups is 1. The standard InChI is InChI=1S/C15H27N5O2S2/c1-4-5-6-7-10-23-14-11(12(16)21)13(24-19-14)18-15(22)17-8-9-20(2)3/h4-10H2,1-3H3,(H2,16,21)(H2,17,18,22). The van der Waals surface area contributed by atoms with Gasteiger partial charge in [0, 0.05) is 13.1 Å². The van der Waals surface area contributed by atoms with E-state index in [1.807, 2.05) is 19.0 Å². The molecule has 0 aliphatic carbocycles. The zero-order valence-electron chi connectivity index (χ0n) is 14.6. The normalized spacial score (nSPS) is 10.8. The minimum atomic E-state index is -0.566. The minimum absolute atomic E-state index is 0.309. The summed E-state index contributed by atoms with van der Waals surface area (Å²) < 4.78 is 4.27. The van der Waals surface area contributed by atoms with Crippen LogP contribution in [0.3, 0.4) is 0 Å². The molecule has 0 unspecified atom stereocenters. The lowest BCUT2D eigenvalue weighted by Gasteiger charge is -2.11. The highest BCUT2D eigenvalue weighted by Gasteiger charge is 2.20. The number of carbonyl (C=O) groups excluding carboxylic acids is 2. The molecule has 1 rings (SSSR count). The predicted molar refractivity (Wildman–Crippen MR) is 101 cm³/mol. The number of rotatable bonds is 11. The summed E-state index contributed by atoms with van der Waals surface area (Å²) in [7, 11) is 3.86. The molecular formula is C15H27N5O2S2. The van der Waals surface area contributed by atoms with Crippen LogP contribution in [-0.4, -0.2) is 54.1 Å². The number of hydrogen-bond donors (Lipinski definition) is 3. The van der Waals surface area contributed by atoms with Gasteiger partial charge >= 0.3 is 6.03 Å². The summed E-state index contributed by atoms with van der Waals surface area (Å²) in [5, 5.41) is 6.41. The third-order valence-electron chi connectivity index (χ3n) is 3.22. The van der Waals surface area contributed by atoms with Crippen LogP contribution in [0.5, 0.6) is 0 Å². The molecule has 0 bridgehead atoms. The van der Waals surface area contributed by atoms with Crippen molar-refractivity contribution < 1.29 is 9.59 Å². The number of unbranched alkanes of at least 4 members (excludes halogenated alkanes) is 3. The number of likely N-dealkylation sites (N-methyl/N-ethyl adjacent to an activating group) is 1. The Morgan fingerprint density at radius 1 is 1.29 bits per heavy atom. The lowest BCUT2D eigenvalue weighted by molar-refractivity contribution is 0.0998. The summed E-state index contributed by atoms with van der Waals surface area (Å²) in [5.41, 5.74) is 5.77. The topological polar surface area (TPSA) is 100 Å². The van der Waals surface area contributed by atoms with Gasteiger partial charge in [-0.25, -0.2) is 4.79 Å². The maximum Gasteiger partial charge on any atom is 0.319 e. The number of hydrogen-bond acceptors (Lipinski definition) is 6. The number of urea groups is 1. The van der Waals surface area contributed by atoms with Gasteiger partial charge in [-0.2, -0.15) is 4.37 Å². The molecule has 0 saturated heterocycles. The predicted octanol–water partition coefficient (Wildman–Crippen LogP) is 2.60. The zero-order valence-corrected chi connectivity index (χ0v) is 16.2. The van der Waals surface area contributed by atoms with E-state index < -0.39 is 5.91 Å². The Hall–Kier alpha value is -1.32. The van der Waals surface area contributed by atoms with Crippen LogP contribution in [0.25, 0.3) is 0 Å². The van der Waals surface area contributed by atoms with Gasteiger partial charge in [-0.1, -0.05) is 26.2 Å². The quantitative estimate of drug-likeness (QED) is 0.409. The first-order chi connectivity index (χ1) is 11.5. The van der Waals surface area contributed by atoms with Gasteiger partial charge in [-0.3, -0.25) is 10.1 Å². The van der Waals surface area contributed by atoms with Crippen molar-refractivity contribution in [2.45, 2.75) is 37.6 Å². The molecule has 0 aromatic carbocycles. The second-order valence-corrected chi connectivity index (χ2v) is 7.51. The van der Waals surface area contributed by atoms with Crippen LogP contribution in [-0.2, 0) is 0 Å². The number of primary amides is 1. The van der Waals surface area contributed by atoms with Crippen LogP contribution in [0, 0.1) is 0 Å². The molecular weight excluding hydrogens is 346 g/mol. The molecule has 0 saturated carbocycles. The minimum Gasteiger partial charge on any atom is -0.365 e. The van der Waals surface area contributed by atoms with Gasteiger partial charge in [-0.05, 0) is 37.8 Å². The molecule has 7 nitrogen and oxygen atoms in total. The fourth-order valence-electron chi connectivity index (χ4n) is 1.91. The third-order valence-corrected chi connectivity index (χ3v) is 5.16. The largest absolute Gasteiger partial charge is 0.365 e. The van der Waals surface area contributed by atoms with Crippen LogP contribution < -0.4 is 16.4 Å². The summed E-state index contributed by atoms with van der Waals surface area (Å²) in [6, 6.07) is -0.359. The van der Waals surface area contributed by atoms with Gasteiger partial charge in [0.15, 0.2) is 0 Å². The van der Waals surface area contributed by atoms with Crippen LogP contribution in [0.1, 0.15) is 43.0 Å². The summed E-state index contributed by atoms with van der Waals surface area (Å²) >= 11 is 2.60. The van der Waals surface area contributed by atoms with Crippen molar-refractivity contribution in [3.63, 3.8) is 0 Å². The van der Waals surface area contributed by atoms with Crippen molar-refractivity contribution in [3.8, 4) is 0 Å². The van der Waals surface area contributed by atoms with E-state index in [0.717, 1.165) is 30.3 Å². The Bertz CT molecular complexity index is 534. The van der Waals surface area contributed by atoms with E-state index in [1.54, 1.807) is 0 Å². The summed E-state index contributed by atoms with van der Waals surface area (Å²) in [4.78, 5) is 25.6. The van der Waals surface area contributed by atoms with Crippen molar-refractivity contribution in [2.24, 2.45) is 5.73 Å². The monoisotopic (exact) mass is 373 g/mol. The fourth-order valence-corrected chi connectivity index (χ4v) is 3.88. The highest BCUT2D eigenvalue weighted by Crippen LogP contribution is 2.32. The SMILES string of the molecule is CCCCCCSc1nsc(NC(=O)NCCN(C)C)c1C(N)=O. The smallest absolute Gasteiger partial charge is 0.319 e. The molecule has 4 N–H and O–H groups in total. The first-order valence-electron chi connectivity index (χ1n) is 8.07. The number of carbonyl (C=O) groups is 2. The van der Waals surface area contributed by atoms with E-state index in [2.05, 4.69) is 21.9 Å². The van der Waals surface area contributed by atoms with Crippen molar-refractivity contribution in [2.75, 3.05) is 38.3 Å². The van der Waals surface area contributed by atoms with Gasteiger partial charge in [0.2, 0.25) is 0 Å². The second kappa shape index (κ2) is 11.3. The van der Waals surface area contributed by atoms with Crippen molar-refractivity contribution in [1.29, 1.82) is 0 Å². The molecule has 0 spiro atoms. The molecule has 3 amide bonds. The Morgan fingerprint density at radius 3 is 2.67 bits per heavy atom. The number of anilines is 1. The van der Waals surface area contributed by atoms with Gasteiger partial charge in [-0.15, -0.1) is 11.8 Å². The van der Waals surface area contributed by atoms with E-state index in [1.165, 1.54) is 31.0 Å². The third kappa shape index (κ3) is 7.50. The molecule has 0 aliphatic heterocycles. The molecule has 0 aliphatic rings. The lowest BCUT2D eigenvalue weighted by Crippen LogP contribution is -2.34. The van der Waals surface area contributed by atoms with Crippen molar-refractivity contribution in [1.82, 2.24) is 14.6 Å². The van der Waals surface area contributed by atoms with Crippen LogP contribution in [0.15, 0.2) is 5.03 Å². The van der Waals surface area contributed by atoms with Gasteiger partial charge in [0.1, 0.15) is 15.6 Å². The highest BCUT2D eigenvalue weighted by atomic mass is 32.2. The molecule has 24 heavy (non-hydrogen) atoms. The number of aromatic nitrogens is 1. The van der Waals surface area contributed by atoms with Crippen LogP contribution >= 0.6 is 23.3 Å². The Labute approximate surface area is 151 Å². The summed E-state index contributed by atoms with van der Waals surface area (Å²) in [6.45, 7) is 3.42. The maximum absolute atomic E-state index is 11.9. The number of amides is 3. The van der Waals surface area contributed by atoms with Crippen molar-refractivity contribution in [3.05, 3.63) is 5.56 Å². The molecule has 0 atom stereocenters. The number of nitrogens with zero attached hydrogens (tertiary/aromatic N) is 2. The lowest BCUT2D eigenvalue weighted by atomic mass is 10.2. The van der Waals surface area contributed by atoms with Crippen LogP contribution in [0.2, 0.25) is 0 Å². The van der Waals surface area contributed by atoms with Crippen molar-refractivity contribution >= 4 is 40.2 Å². The van der Waals surface area contributed by atoms with E-state index in [9.17, 15) is 9.59 Å². The molecule has 136 valence electrons. The molecule has 1 aromatic heterocycles. The van der Waals surface area contributed by atoms with Gasteiger partial charge < -0.3 is 16.0 Å². The average Bonchev–Trinajstić information content (AvgIpc) is 2.89. The highest BCUT2D eigenvalue weighted by molar-refractivity contribution is 7.99. The number of nitrogens with two attached hydrogens (primary N) is 1. The fraction of sp³-hybridized carbons (Fsp3) is 0.667. The summed E-state index contributed by atoms with van der Waals surface area (Å²) in [6.07, 6.45) is 4.63. The second-order valence-electron chi connectivity index (χ2n) is 5.65. The Morgan fingerprint density at radius 2 is 2.04 bits per heavy atom. The molecule has 1 aromatic rings.